The monoisotopic (exact) mass is 1160 g/mol. The summed E-state index contributed by atoms with van der Waals surface area (Å²) in [5, 5.41) is 0. The first-order chi connectivity index (χ1) is 41.0. The highest BCUT2D eigenvalue weighted by Crippen LogP contribution is 2.18. The van der Waals surface area contributed by atoms with Gasteiger partial charge in [-0.15, -0.1) is 0 Å². The van der Waals surface area contributed by atoms with E-state index < -0.39 is 6.10 Å². The highest BCUT2D eigenvalue weighted by atomic mass is 16.6. The Morgan fingerprint density at radius 3 is 0.771 bits per heavy atom. The van der Waals surface area contributed by atoms with Crippen molar-refractivity contribution in [2.24, 2.45) is 0 Å². The first-order valence-electron chi connectivity index (χ1n) is 36.1. The van der Waals surface area contributed by atoms with Gasteiger partial charge in [-0.3, -0.25) is 14.4 Å². The molecule has 480 valence electrons. The van der Waals surface area contributed by atoms with Crippen LogP contribution in [0, 0.1) is 0 Å². The molecule has 0 aromatic carbocycles. The summed E-state index contributed by atoms with van der Waals surface area (Å²) in [7, 11) is 0. The van der Waals surface area contributed by atoms with Crippen molar-refractivity contribution in [2.45, 2.75) is 374 Å². The number of ether oxygens (including phenoxy) is 3. The fraction of sp³-hybridized carbons (Fsp3) is 0.779. The van der Waals surface area contributed by atoms with E-state index in [2.05, 4.69) is 106 Å². The molecule has 0 aliphatic heterocycles. The Labute approximate surface area is 515 Å². The van der Waals surface area contributed by atoms with Crippen LogP contribution in [0.4, 0.5) is 0 Å². The van der Waals surface area contributed by atoms with Gasteiger partial charge in [-0.05, 0) is 116 Å². The van der Waals surface area contributed by atoms with E-state index in [-0.39, 0.29) is 31.1 Å². The molecule has 0 aliphatic carbocycles. The van der Waals surface area contributed by atoms with Gasteiger partial charge in [-0.1, -0.05) is 318 Å². The standard InChI is InChI=1S/C77H136O6/c1-4-7-10-13-16-19-22-25-28-31-33-35-37-38-40-41-43-46-49-52-55-58-61-64-67-70-76(79)82-73-74(72-81-75(78)69-66-63-60-57-54-51-48-45-30-27-24-21-18-15-12-9-6-3)83-77(80)71-68-65-62-59-56-53-50-47-44-42-39-36-34-32-29-26-23-20-17-14-11-8-5-2/h8,11,17-18,20-21,26-27,29-31,33-34,36,74H,4-7,9-10,12-16,19,22-25,28,32,35,37-73H2,1-3H3/b11-8-,20-17-,21-18-,29-26-,30-27-,33-31-,36-34-. The van der Waals surface area contributed by atoms with Crippen LogP contribution in [0.15, 0.2) is 85.1 Å². The summed E-state index contributed by atoms with van der Waals surface area (Å²) >= 11 is 0. The van der Waals surface area contributed by atoms with Crippen LogP contribution in [0.1, 0.15) is 367 Å². The maximum Gasteiger partial charge on any atom is 0.306 e. The number of carbonyl (C=O) groups excluding carboxylic acids is 3. The first-order valence-corrected chi connectivity index (χ1v) is 36.1. The highest BCUT2D eigenvalue weighted by molar-refractivity contribution is 5.71. The highest BCUT2D eigenvalue weighted by Gasteiger charge is 2.19. The van der Waals surface area contributed by atoms with Crippen LogP contribution in [0.5, 0.6) is 0 Å². The molecule has 83 heavy (non-hydrogen) atoms. The van der Waals surface area contributed by atoms with Crippen LogP contribution >= 0.6 is 0 Å². The Morgan fingerprint density at radius 2 is 0.470 bits per heavy atom. The third-order valence-corrected chi connectivity index (χ3v) is 15.9. The molecule has 0 rings (SSSR count). The molecule has 6 nitrogen and oxygen atoms in total. The maximum atomic E-state index is 13.0. The average molecular weight is 1160 g/mol. The van der Waals surface area contributed by atoms with E-state index in [1.165, 1.54) is 231 Å². The van der Waals surface area contributed by atoms with Crippen molar-refractivity contribution >= 4 is 17.9 Å². The molecule has 1 unspecified atom stereocenters. The van der Waals surface area contributed by atoms with Crippen molar-refractivity contribution in [3.63, 3.8) is 0 Å². The molecule has 0 saturated heterocycles. The lowest BCUT2D eigenvalue weighted by Crippen LogP contribution is -2.30. The predicted octanol–water partition coefficient (Wildman–Crippen LogP) is 25.0. The third kappa shape index (κ3) is 69.3. The Balaban J connectivity index is 4.34. The van der Waals surface area contributed by atoms with E-state index in [4.69, 9.17) is 14.2 Å². The van der Waals surface area contributed by atoms with Crippen LogP contribution in [0.25, 0.3) is 0 Å². The summed E-state index contributed by atoms with van der Waals surface area (Å²) in [5.74, 6) is -0.871. The quantitative estimate of drug-likeness (QED) is 0.0261. The number of allylic oxidation sites excluding steroid dienone is 14. The second-order valence-corrected chi connectivity index (χ2v) is 24.1. The Bertz CT molecular complexity index is 1570. The summed E-state index contributed by atoms with van der Waals surface area (Å²) in [6.07, 6.45) is 94.6. The molecule has 0 saturated carbocycles. The zero-order chi connectivity index (χ0) is 59.9. The molecule has 0 aliphatic rings. The molecular weight excluding hydrogens is 1020 g/mol. The average Bonchev–Trinajstić information content (AvgIpc) is 3.49. The van der Waals surface area contributed by atoms with Crippen molar-refractivity contribution in [1.82, 2.24) is 0 Å². The van der Waals surface area contributed by atoms with Gasteiger partial charge in [0.25, 0.3) is 0 Å². The summed E-state index contributed by atoms with van der Waals surface area (Å²) in [5.41, 5.74) is 0. The van der Waals surface area contributed by atoms with Crippen LogP contribution in [0.2, 0.25) is 0 Å². The number of hydrogen-bond donors (Lipinski definition) is 0. The number of carbonyl (C=O) groups is 3. The Hall–Kier alpha value is -3.41. The van der Waals surface area contributed by atoms with Gasteiger partial charge in [0.2, 0.25) is 0 Å². The van der Waals surface area contributed by atoms with Gasteiger partial charge >= 0.3 is 17.9 Å². The topological polar surface area (TPSA) is 78.9 Å². The molecule has 0 aromatic heterocycles. The minimum Gasteiger partial charge on any atom is -0.462 e. The van der Waals surface area contributed by atoms with Gasteiger partial charge in [-0.25, -0.2) is 0 Å². The molecule has 0 fully saturated rings. The van der Waals surface area contributed by atoms with Crippen LogP contribution < -0.4 is 0 Å². The van der Waals surface area contributed by atoms with Crippen LogP contribution in [-0.2, 0) is 28.6 Å². The van der Waals surface area contributed by atoms with E-state index >= 15 is 0 Å². The fourth-order valence-electron chi connectivity index (χ4n) is 10.5. The van der Waals surface area contributed by atoms with Crippen LogP contribution in [0.3, 0.4) is 0 Å². The Kier molecular flexibility index (Phi) is 68.2. The first kappa shape index (κ1) is 79.6. The molecule has 6 heteroatoms. The minimum absolute atomic E-state index is 0.0783. The lowest BCUT2D eigenvalue weighted by Gasteiger charge is -2.18. The lowest BCUT2D eigenvalue weighted by atomic mass is 10.0. The second kappa shape index (κ2) is 71.1. The molecule has 0 radical (unpaired) electrons. The van der Waals surface area contributed by atoms with Gasteiger partial charge in [0, 0.05) is 19.3 Å². The van der Waals surface area contributed by atoms with Crippen molar-refractivity contribution in [1.29, 1.82) is 0 Å². The second-order valence-electron chi connectivity index (χ2n) is 24.1. The Morgan fingerprint density at radius 1 is 0.253 bits per heavy atom. The van der Waals surface area contributed by atoms with Crippen molar-refractivity contribution in [3.05, 3.63) is 85.1 Å². The smallest absolute Gasteiger partial charge is 0.306 e. The van der Waals surface area contributed by atoms with Gasteiger partial charge in [0.15, 0.2) is 6.10 Å². The normalized spacial score (nSPS) is 12.6. The SMILES string of the molecule is CC/C=C\C/C=C\C/C=C\C/C=C\CCCCCCCCCCCCC(=O)OC(COC(=O)CCCCCCCCC/C=C\C/C=C\CCCCC)COC(=O)CCCCCCCCCCCCCCC/C=C\CCCCCCCCCC. The molecule has 0 aromatic rings. The third-order valence-electron chi connectivity index (χ3n) is 15.9. The molecule has 0 bridgehead atoms. The zero-order valence-electron chi connectivity index (χ0n) is 55.2. The molecule has 0 amide bonds. The molecule has 0 spiro atoms. The largest absolute Gasteiger partial charge is 0.462 e. The predicted molar refractivity (Wildman–Crippen MR) is 362 cm³/mol. The van der Waals surface area contributed by atoms with Crippen molar-refractivity contribution < 1.29 is 28.6 Å². The van der Waals surface area contributed by atoms with Gasteiger partial charge in [-0.2, -0.15) is 0 Å². The number of hydrogen-bond acceptors (Lipinski definition) is 6. The number of esters is 3. The molecule has 1 atom stereocenters. The summed E-state index contributed by atoms with van der Waals surface area (Å²) in [6.45, 7) is 6.55. The van der Waals surface area contributed by atoms with Gasteiger partial charge in [0.05, 0.1) is 0 Å². The fourth-order valence-corrected chi connectivity index (χ4v) is 10.5. The molecule has 0 N–H and O–H groups in total. The van der Waals surface area contributed by atoms with Crippen molar-refractivity contribution in [3.8, 4) is 0 Å². The zero-order valence-corrected chi connectivity index (χ0v) is 55.2. The van der Waals surface area contributed by atoms with E-state index in [0.717, 1.165) is 96.3 Å². The van der Waals surface area contributed by atoms with Gasteiger partial charge in [0.1, 0.15) is 13.2 Å². The summed E-state index contributed by atoms with van der Waals surface area (Å²) in [6, 6.07) is 0. The molecular formula is C77H136O6. The van der Waals surface area contributed by atoms with E-state index in [1.54, 1.807) is 0 Å². The van der Waals surface area contributed by atoms with E-state index in [0.29, 0.717) is 19.3 Å². The maximum absolute atomic E-state index is 13.0. The van der Waals surface area contributed by atoms with Crippen LogP contribution in [-0.4, -0.2) is 37.2 Å². The van der Waals surface area contributed by atoms with Crippen molar-refractivity contribution in [2.75, 3.05) is 13.2 Å². The lowest BCUT2D eigenvalue weighted by molar-refractivity contribution is -0.167. The minimum atomic E-state index is -0.785. The summed E-state index contributed by atoms with van der Waals surface area (Å²) in [4.78, 5) is 38.5. The molecule has 0 heterocycles. The van der Waals surface area contributed by atoms with E-state index in [9.17, 15) is 14.4 Å². The van der Waals surface area contributed by atoms with E-state index in [1.807, 2.05) is 0 Å². The summed E-state index contributed by atoms with van der Waals surface area (Å²) < 4.78 is 17.0. The number of rotatable bonds is 66. The van der Waals surface area contributed by atoms with Gasteiger partial charge < -0.3 is 14.2 Å². The number of unbranched alkanes of at least 4 members (excludes halogenated alkanes) is 41.